The maximum Gasteiger partial charge on any atom is 0.339 e. The van der Waals surface area contributed by atoms with Crippen LogP contribution in [0.15, 0.2) is 29.3 Å². The molecule has 1 unspecified atom stereocenters. The summed E-state index contributed by atoms with van der Waals surface area (Å²) >= 11 is 0. The van der Waals surface area contributed by atoms with E-state index in [0.29, 0.717) is 6.42 Å². The lowest BCUT2D eigenvalue weighted by Gasteiger charge is -2.09. The number of benzene rings is 1. The van der Waals surface area contributed by atoms with Gasteiger partial charge in [0.2, 0.25) is 0 Å². The Labute approximate surface area is 97.7 Å². The number of carboxylic acids is 1. The summed E-state index contributed by atoms with van der Waals surface area (Å²) in [6.45, 7) is 0. The van der Waals surface area contributed by atoms with Gasteiger partial charge in [-0.05, 0) is 31.2 Å². The molecule has 0 saturated heterocycles. The highest BCUT2D eigenvalue weighted by Crippen LogP contribution is 2.20. The van der Waals surface area contributed by atoms with E-state index in [-0.39, 0.29) is 11.3 Å². The predicted molar refractivity (Wildman–Crippen MR) is 60.6 cm³/mol. The molecule has 1 atom stereocenters. The fraction of sp³-hybridized carbons (Fsp3) is 0.250. The monoisotopic (exact) mass is 233 g/mol. The minimum absolute atomic E-state index is 0.0252. The first-order valence-electron chi connectivity index (χ1n) is 5.24. The van der Waals surface area contributed by atoms with Crippen molar-refractivity contribution in [2.45, 2.75) is 18.9 Å². The van der Waals surface area contributed by atoms with Crippen LogP contribution in [0.1, 0.15) is 23.2 Å². The third-order valence-corrected chi connectivity index (χ3v) is 2.45. The Morgan fingerprint density at radius 3 is 2.76 bits per heavy atom. The SMILES string of the molecule is O=C(O)c1ccccc1OC(=O)C1CCC=N1. The van der Waals surface area contributed by atoms with Crippen LogP contribution in [0.3, 0.4) is 0 Å². The van der Waals surface area contributed by atoms with Crippen LogP contribution in [0.4, 0.5) is 0 Å². The topological polar surface area (TPSA) is 76.0 Å². The number of aromatic carboxylic acids is 1. The minimum Gasteiger partial charge on any atom is -0.478 e. The number of hydrogen-bond acceptors (Lipinski definition) is 4. The van der Waals surface area contributed by atoms with Crippen LogP contribution in [0.2, 0.25) is 0 Å². The molecule has 0 fully saturated rings. The average Bonchev–Trinajstić information content (AvgIpc) is 2.83. The van der Waals surface area contributed by atoms with Gasteiger partial charge in [0.05, 0.1) is 0 Å². The van der Waals surface area contributed by atoms with E-state index in [1.54, 1.807) is 18.3 Å². The number of hydrogen-bond donors (Lipinski definition) is 1. The Hall–Kier alpha value is -2.17. The molecule has 1 N–H and O–H groups in total. The zero-order valence-electron chi connectivity index (χ0n) is 9.00. The van der Waals surface area contributed by atoms with E-state index in [1.807, 2.05) is 0 Å². The van der Waals surface area contributed by atoms with Crippen LogP contribution >= 0.6 is 0 Å². The molecular weight excluding hydrogens is 222 g/mol. The molecule has 1 aromatic rings. The van der Waals surface area contributed by atoms with Gasteiger partial charge in [-0.2, -0.15) is 0 Å². The second-order valence-electron chi connectivity index (χ2n) is 3.65. The summed E-state index contributed by atoms with van der Waals surface area (Å²) in [4.78, 5) is 26.5. The molecule has 0 amide bonds. The molecule has 0 bridgehead atoms. The zero-order chi connectivity index (χ0) is 12.3. The molecule has 1 aromatic carbocycles. The van der Waals surface area contributed by atoms with Gasteiger partial charge in [0.1, 0.15) is 17.4 Å². The Bertz CT molecular complexity index is 481. The molecular formula is C12H11NO4. The molecule has 1 heterocycles. The zero-order valence-corrected chi connectivity index (χ0v) is 9.00. The molecule has 5 nitrogen and oxygen atoms in total. The number of para-hydroxylation sites is 1. The van der Waals surface area contributed by atoms with E-state index in [0.717, 1.165) is 6.42 Å². The summed E-state index contributed by atoms with van der Waals surface area (Å²) in [7, 11) is 0. The van der Waals surface area contributed by atoms with E-state index in [9.17, 15) is 9.59 Å². The standard InChI is InChI=1S/C12H11NO4/c14-11(15)8-4-1-2-6-10(8)17-12(16)9-5-3-7-13-9/h1-2,4,6-7,9H,3,5H2,(H,14,15). The van der Waals surface area contributed by atoms with E-state index >= 15 is 0 Å². The summed E-state index contributed by atoms with van der Waals surface area (Å²) in [5.74, 6) is -1.57. The van der Waals surface area contributed by atoms with Gasteiger partial charge in [0.25, 0.3) is 0 Å². The lowest BCUT2D eigenvalue weighted by atomic mass is 10.2. The van der Waals surface area contributed by atoms with Crippen LogP contribution in [0.5, 0.6) is 5.75 Å². The van der Waals surface area contributed by atoms with Gasteiger partial charge in [-0.15, -0.1) is 0 Å². The van der Waals surface area contributed by atoms with E-state index < -0.39 is 18.0 Å². The van der Waals surface area contributed by atoms with E-state index in [1.165, 1.54) is 12.1 Å². The first kappa shape index (κ1) is 11.3. The molecule has 88 valence electrons. The predicted octanol–water partition coefficient (Wildman–Crippen LogP) is 1.52. The normalized spacial score (nSPS) is 18.0. The van der Waals surface area contributed by atoms with Crippen molar-refractivity contribution in [2.75, 3.05) is 0 Å². The molecule has 5 heteroatoms. The Morgan fingerprint density at radius 1 is 1.35 bits per heavy atom. The van der Waals surface area contributed by atoms with Gasteiger partial charge >= 0.3 is 11.9 Å². The molecule has 17 heavy (non-hydrogen) atoms. The van der Waals surface area contributed by atoms with Crippen LogP contribution < -0.4 is 4.74 Å². The Morgan fingerprint density at radius 2 is 2.12 bits per heavy atom. The van der Waals surface area contributed by atoms with Crippen LogP contribution in [-0.4, -0.2) is 29.3 Å². The third kappa shape index (κ3) is 2.50. The molecule has 0 aromatic heterocycles. The number of ether oxygens (including phenoxy) is 1. The first-order chi connectivity index (χ1) is 8.18. The largest absolute Gasteiger partial charge is 0.478 e. The molecule has 0 aliphatic carbocycles. The fourth-order valence-electron chi connectivity index (χ4n) is 1.60. The van der Waals surface area contributed by atoms with Gasteiger partial charge < -0.3 is 9.84 Å². The number of nitrogens with zero attached hydrogens (tertiary/aromatic N) is 1. The highest BCUT2D eigenvalue weighted by Gasteiger charge is 2.23. The second-order valence-corrected chi connectivity index (χ2v) is 3.65. The Kier molecular flexibility index (Phi) is 3.18. The highest BCUT2D eigenvalue weighted by molar-refractivity contribution is 5.92. The fourth-order valence-corrected chi connectivity index (χ4v) is 1.60. The first-order valence-corrected chi connectivity index (χ1v) is 5.24. The lowest BCUT2D eigenvalue weighted by molar-refractivity contribution is -0.135. The van der Waals surface area contributed by atoms with Crippen LogP contribution in [0, 0.1) is 0 Å². The van der Waals surface area contributed by atoms with Crippen LogP contribution in [-0.2, 0) is 4.79 Å². The molecule has 1 aliphatic heterocycles. The molecule has 1 aliphatic rings. The van der Waals surface area contributed by atoms with Gasteiger partial charge in [0.15, 0.2) is 0 Å². The maximum atomic E-state index is 11.7. The van der Waals surface area contributed by atoms with Crippen molar-refractivity contribution in [3.8, 4) is 5.75 Å². The summed E-state index contributed by atoms with van der Waals surface area (Å²) in [5.41, 5.74) is -0.0252. The molecule has 0 spiro atoms. The Balaban J connectivity index is 2.15. The van der Waals surface area contributed by atoms with Gasteiger partial charge in [-0.3, -0.25) is 4.99 Å². The van der Waals surface area contributed by atoms with Crippen molar-refractivity contribution in [1.82, 2.24) is 0 Å². The van der Waals surface area contributed by atoms with E-state index in [2.05, 4.69) is 4.99 Å². The van der Waals surface area contributed by atoms with Gasteiger partial charge in [-0.1, -0.05) is 12.1 Å². The molecule has 2 rings (SSSR count). The average molecular weight is 233 g/mol. The number of aliphatic imine (C=N–C) groups is 1. The lowest BCUT2D eigenvalue weighted by Crippen LogP contribution is -2.22. The number of carbonyl (C=O) groups excluding carboxylic acids is 1. The highest BCUT2D eigenvalue weighted by atomic mass is 16.5. The van der Waals surface area contributed by atoms with Crippen molar-refractivity contribution in [3.63, 3.8) is 0 Å². The van der Waals surface area contributed by atoms with E-state index in [4.69, 9.17) is 9.84 Å². The summed E-state index contributed by atoms with van der Waals surface area (Å²) in [6.07, 6.45) is 3.05. The second kappa shape index (κ2) is 4.78. The maximum absolute atomic E-state index is 11.7. The summed E-state index contributed by atoms with van der Waals surface area (Å²) in [5, 5.41) is 8.92. The third-order valence-electron chi connectivity index (χ3n) is 2.45. The van der Waals surface area contributed by atoms with Gasteiger partial charge in [-0.25, -0.2) is 9.59 Å². The number of rotatable bonds is 3. The number of carbonyl (C=O) groups is 2. The number of esters is 1. The molecule has 0 saturated carbocycles. The van der Waals surface area contributed by atoms with Crippen molar-refractivity contribution in [1.29, 1.82) is 0 Å². The van der Waals surface area contributed by atoms with Crippen molar-refractivity contribution < 1.29 is 19.4 Å². The minimum atomic E-state index is -1.12. The molecule has 0 radical (unpaired) electrons. The van der Waals surface area contributed by atoms with Crippen LogP contribution in [0.25, 0.3) is 0 Å². The summed E-state index contributed by atoms with van der Waals surface area (Å²) in [6, 6.07) is 5.54. The van der Waals surface area contributed by atoms with Crippen molar-refractivity contribution in [2.24, 2.45) is 4.99 Å². The quantitative estimate of drug-likeness (QED) is 0.634. The summed E-state index contributed by atoms with van der Waals surface area (Å²) < 4.78 is 5.06. The van der Waals surface area contributed by atoms with Crippen molar-refractivity contribution in [3.05, 3.63) is 29.8 Å². The smallest absolute Gasteiger partial charge is 0.339 e. The van der Waals surface area contributed by atoms with Crippen molar-refractivity contribution >= 4 is 18.2 Å². The van der Waals surface area contributed by atoms with Gasteiger partial charge in [0, 0.05) is 0 Å². The number of carboxylic acid groups (broad SMARTS) is 1.